The van der Waals surface area contributed by atoms with Gasteiger partial charge < -0.3 is 0 Å². The van der Waals surface area contributed by atoms with Gasteiger partial charge in [0.2, 0.25) is 5.95 Å². The van der Waals surface area contributed by atoms with Crippen LogP contribution >= 0.6 is 28.3 Å². The van der Waals surface area contributed by atoms with Crippen molar-refractivity contribution in [1.29, 1.82) is 0 Å². The molecular formula is C4H6BrClN4. The van der Waals surface area contributed by atoms with E-state index < -0.39 is 0 Å². The average Bonchev–Trinajstić information content (AvgIpc) is 1.90. The maximum Gasteiger partial charge on any atom is 0.237 e. The number of nitrogen functional groups attached to an aromatic ring is 1. The highest BCUT2D eigenvalue weighted by Crippen LogP contribution is 2.05. The van der Waals surface area contributed by atoms with Crippen LogP contribution in [0.2, 0.25) is 0 Å². The van der Waals surface area contributed by atoms with E-state index in [4.69, 9.17) is 5.84 Å². The summed E-state index contributed by atoms with van der Waals surface area (Å²) >= 11 is 3.18. The van der Waals surface area contributed by atoms with Crippen molar-refractivity contribution in [2.45, 2.75) is 0 Å². The van der Waals surface area contributed by atoms with E-state index in [0.29, 0.717) is 5.95 Å². The van der Waals surface area contributed by atoms with E-state index in [1.807, 2.05) is 0 Å². The van der Waals surface area contributed by atoms with Crippen LogP contribution in [0.3, 0.4) is 0 Å². The lowest BCUT2D eigenvalue weighted by Gasteiger charge is -1.93. The molecule has 0 aliphatic rings. The Morgan fingerprint density at radius 3 is 2.30 bits per heavy atom. The van der Waals surface area contributed by atoms with Crippen LogP contribution in [0.25, 0.3) is 0 Å². The number of hydrogen-bond acceptors (Lipinski definition) is 4. The second kappa shape index (κ2) is 4.43. The second-order valence-corrected chi connectivity index (χ2v) is 2.28. The molecule has 0 saturated carbocycles. The normalized spacial score (nSPS) is 8.20. The van der Waals surface area contributed by atoms with Gasteiger partial charge in [-0.3, -0.25) is 5.43 Å². The van der Waals surface area contributed by atoms with Gasteiger partial charge in [-0.2, -0.15) is 0 Å². The Bertz CT molecular complexity index is 189. The zero-order chi connectivity index (χ0) is 6.69. The van der Waals surface area contributed by atoms with Crippen molar-refractivity contribution in [2.75, 3.05) is 5.43 Å². The molecule has 0 spiro atoms. The Morgan fingerprint density at radius 2 is 1.90 bits per heavy atom. The van der Waals surface area contributed by atoms with Crippen molar-refractivity contribution in [2.24, 2.45) is 5.84 Å². The van der Waals surface area contributed by atoms with Gasteiger partial charge in [-0.15, -0.1) is 12.4 Å². The van der Waals surface area contributed by atoms with Gasteiger partial charge in [0.15, 0.2) is 0 Å². The van der Waals surface area contributed by atoms with E-state index in [2.05, 4.69) is 31.3 Å². The van der Waals surface area contributed by atoms with E-state index in [9.17, 15) is 0 Å². The molecular weight excluding hydrogens is 219 g/mol. The van der Waals surface area contributed by atoms with Crippen LogP contribution in [0.5, 0.6) is 0 Å². The minimum atomic E-state index is 0. The molecule has 6 heteroatoms. The molecule has 4 nitrogen and oxygen atoms in total. The number of hydrazine groups is 1. The molecule has 0 aromatic carbocycles. The highest BCUT2D eigenvalue weighted by Gasteiger charge is 1.88. The van der Waals surface area contributed by atoms with E-state index in [0.717, 1.165) is 4.47 Å². The zero-order valence-corrected chi connectivity index (χ0v) is 7.32. The maximum atomic E-state index is 5.01. The molecule has 0 bridgehead atoms. The Hall–Kier alpha value is -0.390. The predicted octanol–water partition coefficient (Wildman–Crippen LogP) is 0.947. The van der Waals surface area contributed by atoms with Crippen molar-refractivity contribution in [1.82, 2.24) is 9.97 Å². The van der Waals surface area contributed by atoms with Crippen LogP contribution < -0.4 is 11.3 Å². The Morgan fingerprint density at radius 1 is 1.40 bits per heavy atom. The summed E-state index contributed by atoms with van der Waals surface area (Å²) in [5.41, 5.74) is 2.31. The molecule has 1 aromatic heterocycles. The van der Waals surface area contributed by atoms with Crippen LogP contribution in [0.15, 0.2) is 16.9 Å². The van der Waals surface area contributed by atoms with E-state index >= 15 is 0 Å². The molecule has 0 saturated heterocycles. The SMILES string of the molecule is Cl.NNc1ncc(Br)cn1. The van der Waals surface area contributed by atoms with E-state index in [1.165, 1.54) is 0 Å². The summed E-state index contributed by atoms with van der Waals surface area (Å²) in [6.45, 7) is 0. The lowest BCUT2D eigenvalue weighted by atomic mass is 10.7. The number of anilines is 1. The van der Waals surface area contributed by atoms with Gasteiger partial charge in [0.05, 0.1) is 4.47 Å². The van der Waals surface area contributed by atoms with Crippen molar-refractivity contribution >= 4 is 34.3 Å². The van der Waals surface area contributed by atoms with Crippen LogP contribution in [0, 0.1) is 0 Å². The molecule has 3 N–H and O–H groups in total. The predicted molar refractivity (Wildman–Crippen MR) is 44.8 cm³/mol. The summed E-state index contributed by atoms with van der Waals surface area (Å²) < 4.78 is 0.835. The lowest BCUT2D eigenvalue weighted by Crippen LogP contribution is -2.09. The summed E-state index contributed by atoms with van der Waals surface area (Å²) in [6, 6.07) is 0. The minimum Gasteiger partial charge on any atom is -0.292 e. The number of nitrogens with zero attached hydrogens (tertiary/aromatic N) is 2. The third-order valence-electron chi connectivity index (χ3n) is 0.749. The molecule has 0 fully saturated rings. The number of hydrogen-bond donors (Lipinski definition) is 2. The quantitative estimate of drug-likeness (QED) is 0.552. The first-order valence-corrected chi connectivity index (χ1v) is 3.06. The van der Waals surface area contributed by atoms with E-state index in [1.54, 1.807) is 12.4 Å². The van der Waals surface area contributed by atoms with Gasteiger partial charge in [-0.1, -0.05) is 0 Å². The molecule has 56 valence electrons. The summed E-state index contributed by atoms with van der Waals surface area (Å²) in [7, 11) is 0. The van der Waals surface area contributed by atoms with Crippen LogP contribution in [0.4, 0.5) is 5.95 Å². The summed E-state index contributed by atoms with van der Waals surface area (Å²) in [4.78, 5) is 7.61. The first kappa shape index (κ1) is 9.61. The highest BCUT2D eigenvalue weighted by molar-refractivity contribution is 9.10. The van der Waals surface area contributed by atoms with Gasteiger partial charge in [0.1, 0.15) is 0 Å². The monoisotopic (exact) mass is 224 g/mol. The average molecular weight is 225 g/mol. The molecule has 0 radical (unpaired) electrons. The Balaban J connectivity index is 0.000000810. The third-order valence-corrected chi connectivity index (χ3v) is 1.16. The molecule has 0 aliphatic carbocycles. The molecule has 0 unspecified atom stereocenters. The summed E-state index contributed by atoms with van der Waals surface area (Å²) in [5.74, 6) is 5.42. The smallest absolute Gasteiger partial charge is 0.237 e. The van der Waals surface area contributed by atoms with Crippen molar-refractivity contribution in [3.63, 3.8) is 0 Å². The van der Waals surface area contributed by atoms with Crippen molar-refractivity contribution < 1.29 is 0 Å². The first-order valence-electron chi connectivity index (χ1n) is 2.27. The van der Waals surface area contributed by atoms with Crippen LogP contribution in [0.1, 0.15) is 0 Å². The van der Waals surface area contributed by atoms with Crippen LogP contribution in [-0.4, -0.2) is 9.97 Å². The fourth-order valence-electron chi connectivity index (χ4n) is 0.387. The summed E-state index contributed by atoms with van der Waals surface area (Å²) in [5, 5.41) is 0. The molecule has 1 aromatic rings. The number of nitrogens with two attached hydrogens (primary N) is 1. The Kier molecular flexibility index (Phi) is 4.26. The van der Waals surface area contributed by atoms with Gasteiger partial charge in [0, 0.05) is 12.4 Å². The fraction of sp³-hybridized carbons (Fsp3) is 0. The number of aromatic nitrogens is 2. The molecule has 1 rings (SSSR count). The van der Waals surface area contributed by atoms with Gasteiger partial charge in [-0.05, 0) is 15.9 Å². The maximum absolute atomic E-state index is 5.01. The lowest BCUT2D eigenvalue weighted by molar-refractivity contribution is 1.11. The molecule has 0 atom stereocenters. The minimum absolute atomic E-state index is 0. The number of nitrogens with one attached hydrogen (secondary N) is 1. The zero-order valence-electron chi connectivity index (χ0n) is 4.91. The Labute approximate surface area is 72.8 Å². The fourth-order valence-corrected chi connectivity index (χ4v) is 0.592. The molecule has 10 heavy (non-hydrogen) atoms. The topological polar surface area (TPSA) is 63.8 Å². The van der Waals surface area contributed by atoms with Gasteiger partial charge >= 0.3 is 0 Å². The third kappa shape index (κ3) is 2.47. The van der Waals surface area contributed by atoms with Gasteiger partial charge in [-0.25, -0.2) is 15.8 Å². The van der Waals surface area contributed by atoms with Crippen molar-refractivity contribution in [3.05, 3.63) is 16.9 Å². The number of rotatable bonds is 1. The highest BCUT2D eigenvalue weighted by atomic mass is 79.9. The summed E-state index contributed by atoms with van der Waals surface area (Å²) in [6.07, 6.45) is 3.23. The molecule has 0 aliphatic heterocycles. The first-order chi connectivity index (χ1) is 4.33. The van der Waals surface area contributed by atoms with Crippen LogP contribution in [-0.2, 0) is 0 Å². The van der Waals surface area contributed by atoms with E-state index in [-0.39, 0.29) is 12.4 Å². The standard InChI is InChI=1S/C4H5BrN4.ClH/c5-3-1-7-4(9-6)8-2-3;/h1-2H,6H2,(H,7,8,9);1H. The molecule has 1 heterocycles. The van der Waals surface area contributed by atoms with Gasteiger partial charge in [0.25, 0.3) is 0 Å². The largest absolute Gasteiger partial charge is 0.292 e. The number of halogens is 2. The second-order valence-electron chi connectivity index (χ2n) is 1.37. The molecule has 0 amide bonds. The van der Waals surface area contributed by atoms with Crippen molar-refractivity contribution in [3.8, 4) is 0 Å².